The molecule has 5 heteroatoms. The predicted molar refractivity (Wildman–Crippen MR) is 85.1 cm³/mol. The molecular weight excluding hydrogens is 278 g/mol. The topological polar surface area (TPSA) is 69.1 Å². The zero-order valence-corrected chi connectivity index (χ0v) is 13.0. The molecule has 5 nitrogen and oxygen atoms in total. The van der Waals surface area contributed by atoms with Gasteiger partial charge in [0.15, 0.2) is 0 Å². The SMILES string of the molecule is CCOC(=O)CCN(CC)C(C#N)c1c[nH]c2ccccc12. The van der Waals surface area contributed by atoms with Crippen molar-refractivity contribution in [2.45, 2.75) is 26.3 Å². The number of esters is 1. The van der Waals surface area contributed by atoms with Crippen LogP contribution in [0.3, 0.4) is 0 Å². The van der Waals surface area contributed by atoms with Crippen LogP contribution in [0.25, 0.3) is 10.9 Å². The number of nitrogens with zero attached hydrogens (tertiary/aromatic N) is 2. The molecule has 0 saturated carbocycles. The number of para-hydroxylation sites is 1. The highest BCUT2D eigenvalue weighted by Crippen LogP contribution is 2.27. The van der Waals surface area contributed by atoms with E-state index in [0.29, 0.717) is 26.1 Å². The van der Waals surface area contributed by atoms with Gasteiger partial charge in [-0.1, -0.05) is 25.1 Å². The van der Waals surface area contributed by atoms with Gasteiger partial charge in [0.2, 0.25) is 0 Å². The Morgan fingerprint density at radius 2 is 2.18 bits per heavy atom. The van der Waals surface area contributed by atoms with Gasteiger partial charge in [-0.15, -0.1) is 0 Å². The molecule has 0 aliphatic heterocycles. The maximum absolute atomic E-state index is 11.5. The van der Waals surface area contributed by atoms with Gasteiger partial charge >= 0.3 is 5.97 Å². The maximum Gasteiger partial charge on any atom is 0.307 e. The van der Waals surface area contributed by atoms with Crippen LogP contribution >= 0.6 is 0 Å². The molecule has 2 aromatic rings. The second-order valence-corrected chi connectivity index (χ2v) is 5.00. The highest BCUT2D eigenvalue weighted by Gasteiger charge is 2.22. The lowest BCUT2D eigenvalue weighted by molar-refractivity contribution is -0.143. The summed E-state index contributed by atoms with van der Waals surface area (Å²) in [6, 6.07) is 9.89. The van der Waals surface area contributed by atoms with E-state index in [1.54, 1.807) is 6.92 Å². The van der Waals surface area contributed by atoms with Crippen molar-refractivity contribution in [1.29, 1.82) is 5.26 Å². The second kappa shape index (κ2) is 7.62. The molecule has 1 aromatic heterocycles. The van der Waals surface area contributed by atoms with Gasteiger partial charge < -0.3 is 9.72 Å². The van der Waals surface area contributed by atoms with Crippen LogP contribution < -0.4 is 0 Å². The molecule has 0 aliphatic rings. The normalized spacial score (nSPS) is 12.3. The Labute approximate surface area is 130 Å². The van der Waals surface area contributed by atoms with E-state index in [0.717, 1.165) is 16.5 Å². The third-order valence-corrected chi connectivity index (χ3v) is 3.72. The molecule has 1 aromatic carbocycles. The van der Waals surface area contributed by atoms with Crippen LogP contribution in [-0.4, -0.2) is 35.5 Å². The highest BCUT2D eigenvalue weighted by atomic mass is 16.5. The number of H-pyrrole nitrogens is 1. The quantitative estimate of drug-likeness (QED) is 0.798. The number of aromatic amines is 1. The summed E-state index contributed by atoms with van der Waals surface area (Å²) in [7, 11) is 0. The molecule has 0 bridgehead atoms. The second-order valence-electron chi connectivity index (χ2n) is 5.00. The van der Waals surface area contributed by atoms with Crippen LogP contribution in [0.4, 0.5) is 0 Å². The molecule has 22 heavy (non-hydrogen) atoms. The van der Waals surface area contributed by atoms with Crippen LogP contribution in [-0.2, 0) is 9.53 Å². The summed E-state index contributed by atoms with van der Waals surface area (Å²) in [5.41, 5.74) is 1.96. The fraction of sp³-hybridized carbons (Fsp3) is 0.412. The van der Waals surface area contributed by atoms with E-state index in [2.05, 4.69) is 11.1 Å². The first-order valence-corrected chi connectivity index (χ1v) is 7.56. The van der Waals surface area contributed by atoms with Gasteiger partial charge in [0.1, 0.15) is 6.04 Å². The Morgan fingerprint density at radius 3 is 2.86 bits per heavy atom. The molecule has 0 aliphatic carbocycles. The van der Waals surface area contributed by atoms with E-state index >= 15 is 0 Å². The monoisotopic (exact) mass is 299 g/mol. The molecule has 116 valence electrons. The smallest absolute Gasteiger partial charge is 0.307 e. The number of nitrogens with one attached hydrogen (secondary N) is 1. The van der Waals surface area contributed by atoms with Gasteiger partial charge in [-0.2, -0.15) is 5.26 Å². The van der Waals surface area contributed by atoms with E-state index < -0.39 is 0 Å². The largest absolute Gasteiger partial charge is 0.466 e. The number of nitriles is 1. The fourth-order valence-electron chi connectivity index (χ4n) is 2.61. The van der Waals surface area contributed by atoms with Gasteiger partial charge in [-0.3, -0.25) is 9.69 Å². The van der Waals surface area contributed by atoms with Crippen LogP contribution in [0.2, 0.25) is 0 Å². The maximum atomic E-state index is 11.5. The number of hydrogen-bond acceptors (Lipinski definition) is 4. The molecule has 1 heterocycles. The summed E-state index contributed by atoms with van der Waals surface area (Å²) in [5.74, 6) is -0.225. The number of fused-ring (bicyclic) bond motifs is 1. The highest BCUT2D eigenvalue weighted by molar-refractivity contribution is 5.84. The lowest BCUT2D eigenvalue weighted by Gasteiger charge is -2.25. The average molecular weight is 299 g/mol. The summed E-state index contributed by atoms with van der Waals surface area (Å²) < 4.78 is 4.96. The van der Waals surface area contributed by atoms with Crippen LogP contribution in [0, 0.1) is 11.3 Å². The Bertz CT molecular complexity index is 672. The Kier molecular flexibility index (Phi) is 5.56. The number of benzene rings is 1. The van der Waals surface area contributed by atoms with Crippen molar-refractivity contribution in [1.82, 2.24) is 9.88 Å². The first-order chi connectivity index (χ1) is 10.7. The summed E-state index contributed by atoms with van der Waals surface area (Å²) in [5, 5.41) is 10.7. The molecule has 0 spiro atoms. The lowest BCUT2D eigenvalue weighted by Crippen LogP contribution is -2.30. The van der Waals surface area contributed by atoms with E-state index in [4.69, 9.17) is 4.74 Å². The van der Waals surface area contributed by atoms with Crippen molar-refractivity contribution in [3.63, 3.8) is 0 Å². The van der Waals surface area contributed by atoms with Crippen LogP contribution in [0.15, 0.2) is 30.5 Å². The fourth-order valence-corrected chi connectivity index (χ4v) is 2.61. The number of hydrogen-bond donors (Lipinski definition) is 1. The first-order valence-electron chi connectivity index (χ1n) is 7.56. The van der Waals surface area contributed by atoms with Crippen LogP contribution in [0.1, 0.15) is 31.9 Å². The van der Waals surface area contributed by atoms with Gasteiger partial charge in [-0.25, -0.2) is 0 Å². The third kappa shape index (κ3) is 3.46. The molecular formula is C17H21N3O2. The van der Waals surface area contributed by atoms with Crippen molar-refractivity contribution >= 4 is 16.9 Å². The Hall–Kier alpha value is -2.32. The van der Waals surface area contributed by atoms with Gasteiger partial charge in [0, 0.05) is 29.2 Å². The van der Waals surface area contributed by atoms with Crippen molar-refractivity contribution in [3.05, 3.63) is 36.0 Å². The average Bonchev–Trinajstić information content (AvgIpc) is 2.95. The van der Waals surface area contributed by atoms with Gasteiger partial charge in [0.05, 0.1) is 19.1 Å². The minimum Gasteiger partial charge on any atom is -0.466 e. The molecule has 2 rings (SSSR count). The molecule has 0 fully saturated rings. The summed E-state index contributed by atoms with van der Waals surface area (Å²) >= 11 is 0. The van der Waals surface area contributed by atoms with Crippen molar-refractivity contribution < 1.29 is 9.53 Å². The molecule has 1 unspecified atom stereocenters. The zero-order valence-electron chi connectivity index (χ0n) is 13.0. The molecule has 0 radical (unpaired) electrons. The first kappa shape index (κ1) is 16.1. The van der Waals surface area contributed by atoms with Crippen molar-refractivity contribution in [2.75, 3.05) is 19.7 Å². The number of aromatic nitrogens is 1. The zero-order chi connectivity index (χ0) is 15.9. The van der Waals surface area contributed by atoms with Crippen LogP contribution in [0.5, 0.6) is 0 Å². The number of carbonyl (C=O) groups is 1. The number of rotatable bonds is 7. The minimum absolute atomic E-state index is 0.225. The van der Waals surface area contributed by atoms with Crippen molar-refractivity contribution in [2.24, 2.45) is 0 Å². The summed E-state index contributed by atoms with van der Waals surface area (Å²) in [4.78, 5) is 16.7. The molecule has 1 atom stereocenters. The van der Waals surface area contributed by atoms with Gasteiger partial charge in [0.25, 0.3) is 0 Å². The van der Waals surface area contributed by atoms with Crippen molar-refractivity contribution in [3.8, 4) is 6.07 Å². The molecule has 0 saturated heterocycles. The van der Waals surface area contributed by atoms with E-state index in [9.17, 15) is 10.1 Å². The molecule has 0 amide bonds. The Morgan fingerprint density at radius 1 is 1.41 bits per heavy atom. The summed E-state index contributed by atoms with van der Waals surface area (Å²) in [6.45, 7) is 5.36. The molecule has 1 N–H and O–H groups in total. The summed E-state index contributed by atoms with van der Waals surface area (Å²) in [6.07, 6.45) is 2.17. The van der Waals surface area contributed by atoms with E-state index in [1.165, 1.54) is 0 Å². The number of ether oxygens (including phenoxy) is 1. The van der Waals surface area contributed by atoms with Gasteiger partial charge in [-0.05, 0) is 19.5 Å². The number of carbonyl (C=O) groups excluding carboxylic acids is 1. The van der Waals surface area contributed by atoms with E-state index in [-0.39, 0.29) is 12.0 Å². The third-order valence-electron chi connectivity index (χ3n) is 3.72. The minimum atomic E-state index is -0.379. The standard InChI is InChI=1S/C17H21N3O2/c1-3-20(10-9-17(21)22-4-2)16(11-18)14-12-19-15-8-6-5-7-13(14)15/h5-8,12,16,19H,3-4,9-10H2,1-2H3. The predicted octanol–water partition coefficient (Wildman–Crippen LogP) is 3.01. The lowest BCUT2D eigenvalue weighted by atomic mass is 10.1. The Balaban J connectivity index is 2.18. The van der Waals surface area contributed by atoms with E-state index in [1.807, 2.05) is 42.3 Å².